The van der Waals surface area contributed by atoms with Crippen molar-refractivity contribution < 1.29 is 4.74 Å². The summed E-state index contributed by atoms with van der Waals surface area (Å²) in [5.74, 6) is 1.85. The van der Waals surface area contributed by atoms with Crippen LogP contribution in [0.15, 0.2) is 12.1 Å². The zero-order valence-corrected chi connectivity index (χ0v) is 10.6. The van der Waals surface area contributed by atoms with Gasteiger partial charge < -0.3 is 10.1 Å². The lowest BCUT2D eigenvalue weighted by Gasteiger charge is -2.21. The Kier molecular flexibility index (Phi) is 3.20. The van der Waals surface area contributed by atoms with Gasteiger partial charge in [0.15, 0.2) is 0 Å². The molecule has 1 aromatic carbocycles. The minimum atomic E-state index is 0.453. The molecule has 0 aliphatic heterocycles. The lowest BCUT2D eigenvalue weighted by atomic mass is 9.96. The molecule has 1 unspecified atom stereocenters. The molecule has 1 fully saturated rings. The Labute approximate surface area is 98.0 Å². The number of methoxy groups -OCH3 is 1. The highest BCUT2D eigenvalue weighted by molar-refractivity contribution is 5.47. The third-order valence-corrected chi connectivity index (χ3v) is 3.65. The first-order valence-electron chi connectivity index (χ1n) is 6.00. The fraction of sp³-hybridized carbons (Fsp3) is 0.571. The first-order valence-corrected chi connectivity index (χ1v) is 6.00. The maximum absolute atomic E-state index is 5.58. The molecule has 88 valence electrons. The van der Waals surface area contributed by atoms with Crippen LogP contribution in [0.1, 0.15) is 35.6 Å². The largest absolute Gasteiger partial charge is 0.496 e. The molecule has 1 aliphatic carbocycles. The van der Waals surface area contributed by atoms with Crippen LogP contribution in [0.2, 0.25) is 0 Å². The summed E-state index contributed by atoms with van der Waals surface area (Å²) in [7, 11) is 3.81. The van der Waals surface area contributed by atoms with Crippen LogP contribution in [0.25, 0.3) is 0 Å². The SMILES string of the molecule is CNC(c1ccc(C)c(C)c1OC)C1CC1. The molecule has 1 saturated carbocycles. The van der Waals surface area contributed by atoms with Gasteiger partial charge in [0, 0.05) is 11.6 Å². The van der Waals surface area contributed by atoms with Gasteiger partial charge in [-0.25, -0.2) is 0 Å². The van der Waals surface area contributed by atoms with E-state index in [1.165, 1.54) is 29.5 Å². The van der Waals surface area contributed by atoms with Crippen LogP contribution in [0.3, 0.4) is 0 Å². The summed E-state index contributed by atoms with van der Waals surface area (Å²) >= 11 is 0. The van der Waals surface area contributed by atoms with Crippen LogP contribution in [-0.2, 0) is 0 Å². The number of nitrogens with one attached hydrogen (secondary N) is 1. The molecule has 2 nitrogen and oxygen atoms in total. The monoisotopic (exact) mass is 219 g/mol. The molecule has 1 aromatic rings. The first-order chi connectivity index (χ1) is 7.69. The molecule has 0 heterocycles. The van der Waals surface area contributed by atoms with E-state index < -0.39 is 0 Å². The van der Waals surface area contributed by atoms with E-state index in [9.17, 15) is 0 Å². The predicted octanol–water partition coefficient (Wildman–Crippen LogP) is 2.98. The highest BCUT2D eigenvalue weighted by Gasteiger charge is 2.33. The van der Waals surface area contributed by atoms with Crippen molar-refractivity contribution in [3.05, 3.63) is 28.8 Å². The van der Waals surface area contributed by atoms with Gasteiger partial charge in [0.25, 0.3) is 0 Å². The molecular weight excluding hydrogens is 198 g/mol. The maximum Gasteiger partial charge on any atom is 0.126 e. The molecule has 2 heteroatoms. The van der Waals surface area contributed by atoms with Gasteiger partial charge in [-0.3, -0.25) is 0 Å². The molecule has 0 radical (unpaired) electrons. The van der Waals surface area contributed by atoms with E-state index >= 15 is 0 Å². The lowest BCUT2D eigenvalue weighted by molar-refractivity contribution is 0.393. The second-order valence-electron chi connectivity index (χ2n) is 4.73. The Balaban J connectivity index is 2.42. The van der Waals surface area contributed by atoms with Gasteiger partial charge in [-0.2, -0.15) is 0 Å². The second kappa shape index (κ2) is 4.46. The van der Waals surface area contributed by atoms with E-state index in [1.54, 1.807) is 7.11 Å². The van der Waals surface area contributed by atoms with Crippen molar-refractivity contribution in [3.63, 3.8) is 0 Å². The van der Waals surface area contributed by atoms with Gasteiger partial charge in [-0.1, -0.05) is 12.1 Å². The van der Waals surface area contributed by atoms with E-state index in [4.69, 9.17) is 4.74 Å². The van der Waals surface area contributed by atoms with Crippen molar-refractivity contribution in [2.45, 2.75) is 32.7 Å². The van der Waals surface area contributed by atoms with Crippen LogP contribution < -0.4 is 10.1 Å². The number of aryl methyl sites for hydroxylation is 1. The summed E-state index contributed by atoms with van der Waals surface area (Å²) in [6.45, 7) is 4.27. The molecule has 2 rings (SSSR count). The second-order valence-corrected chi connectivity index (χ2v) is 4.73. The average molecular weight is 219 g/mol. The molecule has 0 saturated heterocycles. The van der Waals surface area contributed by atoms with Gasteiger partial charge in [0.1, 0.15) is 5.75 Å². The molecule has 0 aromatic heterocycles. The fourth-order valence-corrected chi connectivity index (χ4v) is 2.40. The number of hydrogen-bond acceptors (Lipinski definition) is 2. The molecule has 1 atom stereocenters. The van der Waals surface area contributed by atoms with Gasteiger partial charge in [-0.15, -0.1) is 0 Å². The molecule has 0 spiro atoms. The van der Waals surface area contributed by atoms with Crippen LogP contribution in [0.4, 0.5) is 0 Å². The Morgan fingerprint density at radius 2 is 2.00 bits per heavy atom. The molecule has 0 bridgehead atoms. The van der Waals surface area contributed by atoms with Crippen molar-refractivity contribution in [3.8, 4) is 5.75 Å². The zero-order valence-electron chi connectivity index (χ0n) is 10.6. The average Bonchev–Trinajstić information content (AvgIpc) is 3.09. The van der Waals surface area contributed by atoms with E-state index in [2.05, 4.69) is 31.3 Å². The molecule has 16 heavy (non-hydrogen) atoms. The summed E-state index contributed by atoms with van der Waals surface area (Å²) in [5.41, 5.74) is 3.88. The number of ether oxygens (including phenoxy) is 1. The van der Waals surface area contributed by atoms with Crippen molar-refractivity contribution in [1.82, 2.24) is 5.32 Å². The molecule has 1 aliphatic rings. The van der Waals surface area contributed by atoms with Crippen LogP contribution >= 0.6 is 0 Å². The fourth-order valence-electron chi connectivity index (χ4n) is 2.40. The Hall–Kier alpha value is -1.02. The van der Waals surface area contributed by atoms with Crippen molar-refractivity contribution >= 4 is 0 Å². The summed E-state index contributed by atoms with van der Waals surface area (Å²) in [5, 5.41) is 3.42. The topological polar surface area (TPSA) is 21.3 Å². The van der Waals surface area contributed by atoms with E-state index in [-0.39, 0.29) is 0 Å². The number of benzene rings is 1. The summed E-state index contributed by atoms with van der Waals surface area (Å²) in [4.78, 5) is 0. The zero-order chi connectivity index (χ0) is 11.7. The lowest BCUT2D eigenvalue weighted by Crippen LogP contribution is -2.19. The molecule has 1 N–H and O–H groups in total. The van der Waals surface area contributed by atoms with Crippen LogP contribution in [-0.4, -0.2) is 14.2 Å². The van der Waals surface area contributed by atoms with Gasteiger partial charge in [-0.05, 0) is 50.8 Å². The van der Waals surface area contributed by atoms with Crippen molar-refractivity contribution in [2.24, 2.45) is 5.92 Å². The van der Waals surface area contributed by atoms with Crippen molar-refractivity contribution in [1.29, 1.82) is 0 Å². The van der Waals surface area contributed by atoms with Crippen LogP contribution in [0.5, 0.6) is 5.75 Å². The Morgan fingerprint density at radius 1 is 1.31 bits per heavy atom. The summed E-state index contributed by atoms with van der Waals surface area (Å²) in [6.07, 6.45) is 2.67. The van der Waals surface area contributed by atoms with E-state index in [0.717, 1.165) is 11.7 Å². The minimum Gasteiger partial charge on any atom is -0.496 e. The summed E-state index contributed by atoms with van der Waals surface area (Å²) in [6, 6.07) is 4.86. The first kappa shape index (κ1) is 11.5. The quantitative estimate of drug-likeness (QED) is 0.840. The predicted molar refractivity (Wildman–Crippen MR) is 67.0 cm³/mol. The van der Waals surface area contributed by atoms with Gasteiger partial charge >= 0.3 is 0 Å². The van der Waals surface area contributed by atoms with E-state index in [1.807, 2.05) is 7.05 Å². The Bertz CT molecular complexity index is 383. The van der Waals surface area contributed by atoms with Gasteiger partial charge in [0.05, 0.1) is 7.11 Å². The number of rotatable bonds is 4. The van der Waals surface area contributed by atoms with Crippen molar-refractivity contribution in [2.75, 3.05) is 14.2 Å². The standard InChI is InChI=1S/C14H21NO/c1-9-5-8-12(14(16-4)10(9)2)13(15-3)11-6-7-11/h5,8,11,13,15H,6-7H2,1-4H3. The smallest absolute Gasteiger partial charge is 0.126 e. The highest BCUT2D eigenvalue weighted by atomic mass is 16.5. The molecular formula is C14H21NO. The highest BCUT2D eigenvalue weighted by Crippen LogP contribution is 2.44. The number of hydrogen-bond donors (Lipinski definition) is 1. The van der Waals surface area contributed by atoms with E-state index in [0.29, 0.717) is 6.04 Å². The molecule has 0 amide bonds. The maximum atomic E-state index is 5.58. The minimum absolute atomic E-state index is 0.453. The van der Waals surface area contributed by atoms with Crippen LogP contribution in [0, 0.1) is 19.8 Å². The third kappa shape index (κ3) is 1.94. The normalized spacial score (nSPS) is 17.2. The summed E-state index contributed by atoms with van der Waals surface area (Å²) < 4.78 is 5.58. The third-order valence-electron chi connectivity index (χ3n) is 3.65. The van der Waals surface area contributed by atoms with Gasteiger partial charge in [0.2, 0.25) is 0 Å². The Morgan fingerprint density at radius 3 is 2.50 bits per heavy atom.